The molecule has 1 atom stereocenters. The summed E-state index contributed by atoms with van der Waals surface area (Å²) in [6.45, 7) is 2.06. The molecule has 2 rings (SSSR count). The quantitative estimate of drug-likeness (QED) is 0.488. The highest BCUT2D eigenvalue weighted by atomic mass is 79.9. The fourth-order valence-corrected chi connectivity index (χ4v) is 4.22. The minimum Gasteiger partial charge on any atom is -0.125 e. The molecule has 5 heteroatoms. The average Bonchev–Trinajstić information content (AvgIpc) is 2.58. The van der Waals surface area contributed by atoms with Crippen molar-refractivity contribution in [2.75, 3.05) is 0 Å². The average molecular weight is 415 g/mol. The summed E-state index contributed by atoms with van der Waals surface area (Å²) in [6.07, 6.45) is 0. The van der Waals surface area contributed by atoms with Gasteiger partial charge in [-0.1, -0.05) is 33.6 Å². The molecule has 0 saturated carbocycles. The zero-order valence-corrected chi connectivity index (χ0v) is 14.3. The van der Waals surface area contributed by atoms with E-state index in [1.54, 1.807) is 0 Å². The first-order valence-corrected chi connectivity index (χ1v) is 8.05. The lowest BCUT2D eigenvalue weighted by molar-refractivity contribution is 1.14. The second kappa shape index (κ2) is 5.62. The van der Waals surface area contributed by atoms with Gasteiger partial charge in [0.25, 0.3) is 0 Å². The molecule has 1 aromatic heterocycles. The van der Waals surface area contributed by atoms with Gasteiger partial charge in [-0.25, -0.2) is 0 Å². The Labute approximate surface area is 131 Å². The van der Waals surface area contributed by atoms with Gasteiger partial charge in [0.15, 0.2) is 0 Å². The molecule has 0 aliphatic rings. The first kappa shape index (κ1) is 13.9. The lowest BCUT2D eigenvalue weighted by Gasteiger charge is -2.11. The normalized spacial score (nSPS) is 12.8. The van der Waals surface area contributed by atoms with Crippen LogP contribution in [-0.4, -0.2) is 0 Å². The van der Waals surface area contributed by atoms with Crippen molar-refractivity contribution >= 4 is 66.4 Å². The summed E-state index contributed by atoms with van der Waals surface area (Å²) in [4.78, 5) is 1.05. The maximum atomic E-state index is 6.49. The predicted octanol–water partition coefficient (Wildman–Crippen LogP) is 6.56. The lowest BCUT2D eigenvalue weighted by Crippen LogP contribution is -1.93. The Morgan fingerprint density at radius 1 is 1.24 bits per heavy atom. The van der Waals surface area contributed by atoms with Crippen LogP contribution in [0, 0.1) is 6.92 Å². The molecule has 0 N–H and O–H groups in total. The summed E-state index contributed by atoms with van der Waals surface area (Å²) < 4.78 is 2.70. The van der Waals surface area contributed by atoms with Crippen LogP contribution in [-0.2, 0) is 0 Å². The smallest absolute Gasteiger partial charge is 0.107 e. The standard InChI is InChI=1S/C12H8Br2Cl2S/c1-6-4-7(13)2-3-8(6)11(15)10-5-9(14)12(16)17-10/h2-5,11H,1H3. The first-order valence-electron chi connectivity index (χ1n) is 4.84. The van der Waals surface area contributed by atoms with Gasteiger partial charge in [0.05, 0.1) is 5.38 Å². The minimum absolute atomic E-state index is 0.156. The third-order valence-electron chi connectivity index (χ3n) is 2.42. The summed E-state index contributed by atoms with van der Waals surface area (Å²) in [7, 11) is 0. The highest BCUT2D eigenvalue weighted by molar-refractivity contribution is 9.10. The Balaban J connectivity index is 2.39. The number of hydrogen-bond acceptors (Lipinski definition) is 1. The van der Waals surface area contributed by atoms with Gasteiger partial charge in [-0.2, -0.15) is 0 Å². The predicted molar refractivity (Wildman–Crippen MR) is 83.6 cm³/mol. The van der Waals surface area contributed by atoms with E-state index in [0.717, 1.165) is 23.7 Å². The monoisotopic (exact) mass is 412 g/mol. The van der Waals surface area contributed by atoms with Crippen LogP contribution in [0.3, 0.4) is 0 Å². The number of thiophene rings is 1. The van der Waals surface area contributed by atoms with E-state index in [9.17, 15) is 0 Å². The van der Waals surface area contributed by atoms with Crippen molar-refractivity contribution in [1.82, 2.24) is 0 Å². The molecule has 0 aliphatic carbocycles. The molecule has 0 fully saturated rings. The Kier molecular flexibility index (Phi) is 4.59. The lowest BCUT2D eigenvalue weighted by atomic mass is 10.0. The van der Waals surface area contributed by atoms with Gasteiger partial charge in [-0.3, -0.25) is 0 Å². The topological polar surface area (TPSA) is 0 Å². The Hall–Kier alpha value is 0.460. The third-order valence-corrected chi connectivity index (χ3v) is 6.05. The Morgan fingerprint density at radius 3 is 2.47 bits per heavy atom. The molecule has 0 nitrogen and oxygen atoms in total. The highest BCUT2D eigenvalue weighted by Crippen LogP contribution is 2.41. The van der Waals surface area contributed by atoms with E-state index in [1.807, 2.05) is 18.2 Å². The Bertz CT molecular complexity index is 532. The van der Waals surface area contributed by atoms with Crippen molar-refractivity contribution in [3.05, 3.63) is 53.6 Å². The van der Waals surface area contributed by atoms with E-state index in [2.05, 4.69) is 44.8 Å². The van der Waals surface area contributed by atoms with E-state index >= 15 is 0 Å². The number of benzene rings is 1. The van der Waals surface area contributed by atoms with Crippen molar-refractivity contribution in [3.63, 3.8) is 0 Å². The van der Waals surface area contributed by atoms with Crippen molar-refractivity contribution < 1.29 is 0 Å². The molecule has 0 saturated heterocycles. The zero-order chi connectivity index (χ0) is 12.6. The molecule has 1 heterocycles. The summed E-state index contributed by atoms with van der Waals surface area (Å²) in [5.41, 5.74) is 2.28. The van der Waals surface area contributed by atoms with Crippen LogP contribution in [0.2, 0.25) is 4.34 Å². The fraction of sp³-hybridized carbons (Fsp3) is 0.167. The van der Waals surface area contributed by atoms with E-state index in [4.69, 9.17) is 23.2 Å². The molecule has 1 unspecified atom stereocenters. The van der Waals surface area contributed by atoms with Crippen LogP contribution < -0.4 is 0 Å². The maximum absolute atomic E-state index is 6.49. The Morgan fingerprint density at radius 2 is 1.94 bits per heavy atom. The van der Waals surface area contributed by atoms with Gasteiger partial charge >= 0.3 is 0 Å². The molecule has 0 spiro atoms. The van der Waals surface area contributed by atoms with Crippen molar-refractivity contribution in [2.45, 2.75) is 12.3 Å². The number of hydrogen-bond donors (Lipinski definition) is 0. The SMILES string of the molecule is Cc1cc(Br)ccc1C(Cl)c1cc(Br)c(Cl)s1. The number of rotatable bonds is 2. The van der Waals surface area contributed by atoms with Gasteiger partial charge in [-0.05, 0) is 52.2 Å². The van der Waals surface area contributed by atoms with E-state index in [0.29, 0.717) is 0 Å². The molecule has 0 radical (unpaired) electrons. The number of aryl methyl sites for hydroxylation is 1. The van der Waals surface area contributed by atoms with Gasteiger partial charge < -0.3 is 0 Å². The van der Waals surface area contributed by atoms with Crippen molar-refractivity contribution in [3.8, 4) is 0 Å². The molecule has 0 bridgehead atoms. The van der Waals surface area contributed by atoms with Gasteiger partial charge in [0.2, 0.25) is 0 Å². The van der Waals surface area contributed by atoms with Gasteiger partial charge in [0, 0.05) is 13.8 Å². The van der Waals surface area contributed by atoms with Crippen molar-refractivity contribution in [1.29, 1.82) is 0 Å². The second-order valence-corrected chi connectivity index (χ2v) is 7.53. The molecule has 90 valence electrons. The van der Waals surface area contributed by atoms with Crippen LogP contribution in [0.1, 0.15) is 21.4 Å². The zero-order valence-electron chi connectivity index (χ0n) is 8.81. The summed E-state index contributed by atoms with van der Waals surface area (Å²) in [5.74, 6) is 0. The van der Waals surface area contributed by atoms with Gasteiger partial charge in [-0.15, -0.1) is 22.9 Å². The maximum Gasteiger partial charge on any atom is 0.107 e. The summed E-state index contributed by atoms with van der Waals surface area (Å²) in [6, 6.07) is 8.09. The largest absolute Gasteiger partial charge is 0.125 e. The van der Waals surface area contributed by atoms with E-state index in [1.165, 1.54) is 16.9 Å². The number of alkyl halides is 1. The summed E-state index contributed by atoms with van der Waals surface area (Å²) >= 11 is 20.9. The molecule has 0 aliphatic heterocycles. The molecular weight excluding hydrogens is 407 g/mol. The van der Waals surface area contributed by atoms with Crippen LogP contribution in [0.25, 0.3) is 0 Å². The third kappa shape index (κ3) is 3.07. The highest BCUT2D eigenvalue weighted by Gasteiger charge is 2.17. The summed E-state index contributed by atoms with van der Waals surface area (Å²) in [5, 5.41) is -0.156. The number of halogens is 4. The van der Waals surface area contributed by atoms with Crippen LogP contribution in [0.4, 0.5) is 0 Å². The second-order valence-electron chi connectivity index (χ2n) is 3.63. The van der Waals surface area contributed by atoms with Crippen LogP contribution in [0.5, 0.6) is 0 Å². The molecule has 1 aromatic carbocycles. The van der Waals surface area contributed by atoms with E-state index in [-0.39, 0.29) is 5.38 Å². The molecule has 0 amide bonds. The van der Waals surface area contributed by atoms with Gasteiger partial charge in [0.1, 0.15) is 4.34 Å². The first-order chi connectivity index (χ1) is 7.99. The fourth-order valence-electron chi connectivity index (χ4n) is 1.56. The van der Waals surface area contributed by atoms with E-state index < -0.39 is 0 Å². The molecule has 2 aromatic rings. The molecular formula is C12H8Br2Cl2S. The minimum atomic E-state index is -0.156. The van der Waals surface area contributed by atoms with Crippen LogP contribution >= 0.6 is 66.4 Å². The molecule has 17 heavy (non-hydrogen) atoms. The van der Waals surface area contributed by atoms with Crippen LogP contribution in [0.15, 0.2) is 33.2 Å². The van der Waals surface area contributed by atoms with Crippen molar-refractivity contribution in [2.24, 2.45) is 0 Å².